The van der Waals surface area contributed by atoms with Crippen LogP contribution in [0.2, 0.25) is 0 Å². The van der Waals surface area contributed by atoms with E-state index in [1.54, 1.807) is 6.20 Å². The molecule has 1 aromatic rings. The highest BCUT2D eigenvalue weighted by atomic mass is 35.5. The maximum Gasteiger partial charge on any atom is 0.0967 e. The van der Waals surface area contributed by atoms with E-state index < -0.39 is 0 Å². The molecule has 0 aromatic carbocycles. The molecule has 0 saturated heterocycles. The third-order valence-electron chi connectivity index (χ3n) is 0.813. The van der Waals surface area contributed by atoms with Gasteiger partial charge in [-0.05, 0) is 19.1 Å². The van der Waals surface area contributed by atoms with Gasteiger partial charge in [-0.25, -0.2) is 0 Å². The number of pyridine rings is 1. The lowest BCUT2D eigenvalue weighted by atomic mass is 10.4. The fourth-order valence-corrected chi connectivity index (χ4v) is 0.448. The lowest BCUT2D eigenvalue weighted by Crippen LogP contribution is -1.72. The maximum absolute atomic E-state index is 4.76. The van der Waals surface area contributed by atoms with Gasteiger partial charge in [0.2, 0.25) is 0 Å². The molecule has 0 amide bonds. The van der Waals surface area contributed by atoms with Gasteiger partial charge in [-0.1, -0.05) is 6.07 Å². The third-order valence-corrected chi connectivity index (χ3v) is 0.813. The van der Waals surface area contributed by atoms with E-state index in [4.69, 9.17) is 23.2 Å². The van der Waals surface area contributed by atoms with Crippen molar-refractivity contribution < 1.29 is 0 Å². The van der Waals surface area contributed by atoms with Gasteiger partial charge in [-0.15, -0.1) is 35.6 Å². The molecule has 0 fully saturated rings. The summed E-state index contributed by atoms with van der Waals surface area (Å²) in [4.78, 5) is 3.98. The first kappa shape index (κ1) is 13.6. The lowest BCUT2D eigenvalue weighted by Gasteiger charge is -1.82. The first-order valence-electron chi connectivity index (χ1n) is 2.81. The summed E-state index contributed by atoms with van der Waals surface area (Å²) in [7, 11) is 0. The number of alkyl halides is 2. The van der Waals surface area contributed by atoms with Crippen molar-refractivity contribution in [2.24, 2.45) is 0 Å². The van der Waals surface area contributed by atoms with Gasteiger partial charge >= 0.3 is 0 Å². The van der Waals surface area contributed by atoms with Crippen molar-refractivity contribution in [2.45, 2.75) is 6.92 Å². The summed E-state index contributed by atoms with van der Waals surface area (Å²) in [6, 6.07) is 5.86. The van der Waals surface area contributed by atoms with E-state index in [1.807, 2.05) is 25.1 Å². The summed E-state index contributed by atoms with van der Waals surface area (Å²) in [6.07, 6.45) is 1.79. The number of hydrogen-bond acceptors (Lipinski definition) is 1. The van der Waals surface area contributed by atoms with Crippen molar-refractivity contribution in [1.82, 2.24) is 4.98 Å². The zero-order chi connectivity index (χ0) is 7.82. The van der Waals surface area contributed by atoms with E-state index >= 15 is 0 Å². The molecule has 1 nitrogen and oxygen atoms in total. The topological polar surface area (TPSA) is 12.9 Å². The van der Waals surface area contributed by atoms with Crippen LogP contribution in [-0.4, -0.2) is 10.3 Å². The van der Waals surface area contributed by atoms with Crippen LogP contribution >= 0.6 is 35.6 Å². The van der Waals surface area contributed by atoms with Crippen molar-refractivity contribution in [1.29, 1.82) is 0 Å². The van der Waals surface area contributed by atoms with Gasteiger partial charge in [0.05, 0.1) is 5.34 Å². The van der Waals surface area contributed by atoms with Crippen molar-refractivity contribution in [3.05, 3.63) is 30.1 Å². The first-order valence-corrected chi connectivity index (χ1v) is 3.87. The Hall–Kier alpha value is 0.0200. The molecule has 0 unspecified atom stereocenters. The fraction of sp³-hybridized carbons (Fsp3) is 0.286. The van der Waals surface area contributed by atoms with Gasteiger partial charge < -0.3 is 0 Å². The highest BCUT2D eigenvalue weighted by molar-refractivity contribution is 6.40. The fourth-order valence-electron chi connectivity index (χ4n) is 0.448. The van der Waals surface area contributed by atoms with Crippen molar-refractivity contribution in [3.8, 4) is 0 Å². The number of hydrogen-bond donors (Lipinski definition) is 0. The van der Waals surface area contributed by atoms with Crippen LogP contribution in [0, 0.1) is 6.92 Å². The predicted octanol–water partition coefficient (Wildman–Crippen LogP) is 3.23. The van der Waals surface area contributed by atoms with E-state index in [2.05, 4.69) is 4.98 Å². The largest absolute Gasteiger partial charge is 0.262 e. The molecular weight excluding hydrogens is 204 g/mol. The second-order valence-corrected chi connectivity index (χ2v) is 2.38. The van der Waals surface area contributed by atoms with E-state index in [1.165, 1.54) is 0 Å². The molecule has 0 radical (unpaired) electrons. The molecule has 4 heteroatoms. The lowest BCUT2D eigenvalue weighted by molar-refractivity contribution is 1.20. The SMILES string of the molecule is Cc1ccccn1.Cl.ClCCl. The van der Waals surface area contributed by atoms with Gasteiger partial charge in [0.1, 0.15) is 0 Å². The predicted molar refractivity (Wildman–Crippen MR) is 52.8 cm³/mol. The zero-order valence-electron chi connectivity index (χ0n) is 6.13. The van der Waals surface area contributed by atoms with Crippen molar-refractivity contribution >= 4 is 35.6 Å². The molecule has 0 saturated carbocycles. The Morgan fingerprint density at radius 3 is 2.09 bits per heavy atom. The Labute approximate surface area is 83.1 Å². The molecule has 1 heterocycles. The molecule has 1 rings (SSSR count). The molecule has 1 aromatic heterocycles. The van der Waals surface area contributed by atoms with Crippen LogP contribution in [-0.2, 0) is 0 Å². The van der Waals surface area contributed by atoms with Crippen LogP contribution in [0.5, 0.6) is 0 Å². The molecule has 0 atom stereocenters. The van der Waals surface area contributed by atoms with Gasteiger partial charge in [0.15, 0.2) is 0 Å². The van der Waals surface area contributed by atoms with E-state index in [0.29, 0.717) is 0 Å². The third kappa shape index (κ3) is 10.0. The Morgan fingerprint density at radius 2 is 1.91 bits per heavy atom. The molecule has 64 valence electrons. The summed E-state index contributed by atoms with van der Waals surface area (Å²) < 4.78 is 0. The molecule has 11 heavy (non-hydrogen) atoms. The van der Waals surface area contributed by atoms with Gasteiger partial charge in [-0.2, -0.15) is 0 Å². The van der Waals surface area contributed by atoms with E-state index in [9.17, 15) is 0 Å². The Morgan fingerprint density at radius 1 is 1.36 bits per heavy atom. The van der Waals surface area contributed by atoms with Crippen LogP contribution in [0.1, 0.15) is 5.69 Å². The maximum atomic E-state index is 4.76. The molecule has 0 aliphatic carbocycles. The summed E-state index contributed by atoms with van der Waals surface area (Å²) >= 11 is 9.53. The molecule has 0 aliphatic heterocycles. The molecular formula is C7H10Cl3N. The average Bonchev–Trinajstić information content (AvgIpc) is 1.91. The molecule has 0 bridgehead atoms. The molecule has 0 aliphatic rings. The van der Waals surface area contributed by atoms with E-state index in [0.717, 1.165) is 5.69 Å². The smallest absolute Gasteiger partial charge is 0.0967 e. The number of nitrogens with zero attached hydrogens (tertiary/aromatic N) is 1. The number of rotatable bonds is 0. The van der Waals surface area contributed by atoms with Gasteiger partial charge in [0.25, 0.3) is 0 Å². The highest BCUT2D eigenvalue weighted by Gasteiger charge is 1.73. The summed E-state index contributed by atoms with van der Waals surface area (Å²) in [5.41, 5.74) is 1.07. The van der Waals surface area contributed by atoms with Crippen LogP contribution in [0.15, 0.2) is 24.4 Å². The Kier molecular flexibility index (Phi) is 12.4. The summed E-state index contributed by atoms with van der Waals surface area (Å²) in [6.45, 7) is 1.97. The minimum atomic E-state index is 0. The van der Waals surface area contributed by atoms with Crippen LogP contribution in [0.25, 0.3) is 0 Å². The number of aromatic nitrogens is 1. The van der Waals surface area contributed by atoms with Crippen molar-refractivity contribution in [2.75, 3.05) is 5.34 Å². The number of aryl methyl sites for hydroxylation is 1. The average molecular weight is 215 g/mol. The Balaban J connectivity index is 0. The van der Waals surface area contributed by atoms with Crippen LogP contribution in [0.4, 0.5) is 0 Å². The molecule has 0 N–H and O–H groups in total. The summed E-state index contributed by atoms with van der Waals surface area (Å²) in [5, 5.41) is 0.194. The minimum Gasteiger partial charge on any atom is -0.262 e. The van der Waals surface area contributed by atoms with Crippen molar-refractivity contribution in [3.63, 3.8) is 0 Å². The van der Waals surface area contributed by atoms with Crippen LogP contribution < -0.4 is 0 Å². The second-order valence-electron chi connectivity index (χ2n) is 1.57. The highest BCUT2D eigenvalue weighted by Crippen LogP contribution is 1.85. The van der Waals surface area contributed by atoms with Gasteiger partial charge in [-0.3, -0.25) is 4.98 Å². The number of halogens is 3. The monoisotopic (exact) mass is 213 g/mol. The van der Waals surface area contributed by atoms with Crippen LogP contribution in [0.3, 0.4) is 0 Å². The quantitative estimate of drug-likeness (QED) is 0.604. The van der Waals surface area contributed by atoms with Gasteiger partial charge in [0, 0.05) is 11.9 Å². The Bertz CT molecular complexity index is 155. The zero-order valence-corrected chi connectivity index (χ0v) is 8.46. The summed E-state index contributed by atoms with van der Waals surface area (Å²) in [5.74, 6) is 0. The normalized spacial score (nSPS) is 7.18. The molecule has 0 spiro atoms. The minimum absolute atomic E-state index is 0. The van der Waals surface area contributed by atoms with E-state index in [-0.39, 0.29) is 17.7 Å². The standard InChI is InChI=1S/C6H7N.CH2Cl2.ClH/c1-6-4-2-3-5-7-6;2-1-3;/h2-5H,1H3;1H2;1H. The first-order chi connectivity index (χ1) is 4.81. The second kappa shape index (κ2) is 10.0.